The van der Waals surface area contributed by atoms with Crippen LogP contribution in [0.1, 0.15) is 10.4 Å². The zero-order valence-corrected chi connectivity index (χ0v) is 12.7. The quantitative estimate of drug-likeness (QED) is 0.941. The number of carbonyl (C=O) groups is 1. The topological polar surface area (TPSA) is 59.0 Å². The third-order valence-corrected chi connectivity index (χ3v) is 3.78. The Morgan fingerprint density at radius 1 is 1.13 bits per heavy atom. The minimum atomic E-state index is -0.281. The normalized spacial score (nSPS) is 17.8. The van der Waals surface area contributed by atoms with Crippen molar-refractivity contribution in [1.82, 2.24) is 4.90 Å². The number of hydrogen-bond donors (Lipinski definition) is 1. The molecule has 1 aliphatic rings. The van der Waals surface area contributed by atoms with Crippen molar-refractivity contribution in [1.29, 1.82) is 0 Å². The monoisotopic (exact) mass is 313 g/mol. The number of amides is 1. The highest BCUT2D eigenvalue weighted by Crippen LogP contribution is 2.22. The first kappa shape index (κ1) is 15.5. The first-order chi connectivity index (χ1) is 11.3. The molecule has 5 nitrogen and oxygen atoms in total. The molecule has 1 aliphatic heterocycles. The molecule has 2 aromatic carbocycles. The van der Waals surface area contributed by atoms with E-state index in [9.17, 15) is 9.90 Å². The number of morpholine rings is 1. The molecule has 0 unspecified atom stereocenters. The third-order valence-electron chi connectivity index (χ3n) is 3.78. The number of ether oxygens (including phenoxy) is 2. The van der Waals surface area contributed by atoms with Crippen LogP contribution in [0.4, 0.5) is 0 Å². The van der Waals surface area contributed by atoms with Crippen LogP contribution in [0.3, 0.4) is 0 Å². The van der Waals surface area contributed by atoms with E-state index in [-0.39, 0.29) is 18.6 Å². The zero-order valence-electron chi connectivity index (χ0n) is 12.7. The van der Waals surface area contributed by atoms with E-state index in [0.29, 0.717) is 31.1 Å². The molecule has 120 valence electrons. The molecular weight excluding hydrogens is 294 g/mol. The second kappa shape index (κ2) is 7.26. The van der Waals surface area contributed by atoms with Gasteiger partial charge in [0, 0.05) is 12.1 Å². The van der Waals surface area contributed by atoms with Crippen LogP contribution in [0.25, 0.3) is 0 Å². The lowest BCUT2D eigenvalue weighted by atomic mass is 10.1. The number of aliphatic hydroxyl groups excluding tert-OH is 1. The number of aliphatic hydroxyl groups is 1. The van der Waals surface area contributed by atoms with Crippen LogP contribution in [-0.4, -0.2) is 48.3 Å². The highest BCUT2D eigenvalue weighted by atomic mass is 16.5. The molecular formula is C18H19NO4. The van der Waals surface area contributed by atoms with Gasteiger partial charge in [-0.3, -0.25) is 4.79 Å². The van der Waals surface area contributed by atoms with Gasteiger partial charge in [-0.05, 0) is 36.4 Å². The van der Waals surface area contributed by atoms with E-state index in [2.05, 4.69) is 0 Å². The minimum Gasteiger partial charge on any atom is -0.457 e. The highest BCUT2D eigenvalue weighted by molar-refractivity contribution is 5.94. The summed E-state index contributed by atoms with van der Waals surface area (Å²) in [5.41, 5.74) is 0.575. The Morgan fingerprint density at radius 2 is 1.83 bits per heavy atom. The fourth-order valence-electron chi connectivity index (χ4n) is 2.53. The summed E-state index contributed by atoms with van der Waals surface area (Å²) in [5, 5.41) is 9.37. The van der Waals surface area contributed by atoms with Crippen molar-refractivity contribution >= 4 is 5.91 Å². The van der Waals surface area contributed by atoms with Crippen LogP contribution < -0.4 is 4.74 Å². The Hall–Kier alpha value is -2.37. The molecule has 1 N–H and O–H groups in total. The second-order valence-corrected chi connectivity index (χ2v) is 5.35. The van der Waals surface area contributed by atoms with Gasteiger partial charge in [0.1, 0.15) is 11.5 Å². The average molecular weight is 313 g/mol. The number of nitrogens with zero attached hydrogens (tertiary/aromatic N) is 1. The van der Waals surface area contributed by atoms with Crippen molar-refractivity contribution in [3.63, 3.8) is 0 Å². The summed E-state index contributed by atoms with van der Waals surface area (Å²) in [5.74, 6) is 1.33. The largest absolute Gasteiger partial charge is 0.457 e. The van der Waals surface area contributed by atoms with Crippen LogP contribution >= 0.6 is 0 Å². The molecule has 23 heavy (non-hydrogen) atoms. The number of rotatable bonds is 4. The van der Waals surface area contributed by atoms with E-state index in [1.807, 2.05) is 30.3 Å². The zero-order chi connectivity index (χ0) is 16.1. The summed E-state index contributed by atoms with van der Waals surface area (Å²) in [6.45, 7) is 1.27. The molecule has 0 bridgehead atoms. The number of hydrogen-bond acceptors (Lipinski definition) is 4. The summed E-state index contributed by atoms with van der Waals surface area (Å²) in [6.07, 6.45) is 0. The first-order valence-corrected chi connectivity index (χ1v) is 7.60. The van der Waals surface area contributed by atoms with E-state index in [1.165, 1.54) is 0 Å². The standard InChI is InChI=1S/C18H19NO4/c20-12-15-13-22-11-10-19(15)18(21)14-6-8-17(9-7-14)23-16-4-2-1-3-5-16/h1-9,15,20H,10-13H2/t15-/m1/s1. The predicted octanol–water partition coefficient (Wildman–Crippen LogP) is 2.31. The molecule has 1 saturated heterocycles. The molecule has 1 atom stereocenters. The van der Waals surface area contributed by atoms with Crippen molar-refractivity contribution in [2.75, 3.05) is 26.4 Å². The lowest BCUT2D eigenvalue weighted by molar-refractivity contribution is -0.0183. The van der Waals surface area contributed by atoms with E-state index in [1.54, 1.807) is 29.2 Å². The minimum absolute atomic E-state index is 0.0963. The van der Waals surface area contributed by atoms with E-state index < -0.39 is 0 Å². The van der Waals surface area contributed by atoms with Gasteiger partial charge in [0.25, 0.3) is 5.91 Å². The van der Waals surface area contributed by atoms with Gasteiger partial charge in [0.05, 0.1) is 25.9 Å². The molecule has 5 heteroatoms. The number of carbonyl (C=O) groups excluding carboxylic acids is 1. The summed E-state index contributed by atoms with van der Waals surface area (Å²) in [6, 6.07) is 16.2. The maximum atomic E-state index is 12.6. The lowest BCUT2D eigenvalue weighted by Gasteiger charge is -2.34. The second-order valence-electron chi connectivity index (χ2n) is 5.35. The summed E-state index contributed by atoms with van der Waals surface area (Å²) >= 11 is 0. The van der Waals surface area contributed by atoms with Crippen LogP contribution in [0.5, 0.6) is 11.5 Å². The maximum absolute atomic E-state index is 12.6. The van der Waals surface area contributed by atoms with Gasteiger partial charge in [-0.1, -0.05) is 18.2 Å². The van der Waals surface area contributed by atoms with Crippen LogP contribution in [0, 0.1) is 0 Å². The number of benzene rings is 2. The lowest BCUT2D eigenvalue weighted by Crippen LogP contribution is -2.50. The van der Waals surface area contributed by atoms with Crippen LogP contribution in [0.15, 0.2) is 54.6 Å². The van der Waals surface area contributed by atoms with Gasteiger partial charge in [0.2, 0.25) is 0 Å². The molecule has 0 aliphatic carbocycles. The molecule has 0 radical (unpaired) electrons. The van der Waals surface area contributed by atoms with E-state index >= 15 is 0 Å². The summed E-state index contributed by atoms with van der Waals surface area (Å²) < 4.78 is 11.0. The Morgan fingerprint density at radius 3 is 2.52 bits per heavy atom. The molecule has 1 fully saturated rings. The van der Waals surface area contributed by atoms with Gasteiger partial charge < -0.3 is 19.5 Å². The molecule has 0 saturated carbocycles. The maximum Gasteiger partial charge on any atom is 0.254 e. The van der Waals surface area contributed by atoms with Crippen LogP contribution in [0.2, 0.25) is 0 Å². The third kappa shape index (κ3) is 3.70. The Kier molecular flexibility index (Phi) is 4.90. The fraction of sp³-hybridized carbons (Fsp3) is 0.278. The van der Waals surface area contributed by atoms with Crippen molar-refractivity contribution in [3.05, 3.63) is 60.2 Å². The van der Waals surface area contributed by atoms with Crippen molar-refractivity contribution < 1.29 is 19.4 Å². The van der Waals surface area contributed by atoms with E-state index in [4.69, 9.17) is 9.47 Å². The van der Waals surface area contributed by atoms with Gasteiger partial charge in [0.15, 0.2) is 0 Å². The average Bonchev–Trinajstić information content (AvgIpc) is 2.62. The SMILES string of the molecule is O=C(c1ccc(Oc2ccccc2)cc1)N1CCOC[C@H]1CO. The highest BCUT2D eigenvalue weighted by Gasteiger charge is 2.27. The van der Waals surface area contributed by atoms with Gasteiger partial charge in [-0.15, -0.1) is 0 Å². The van der Waals surface area contributed by atoms with Gasteiger partial charge >= 0.3 is 0 Å². The molecule has 0 aromatic heterocycles. The molecule has 1 heterocycles. The van der Waals surface area contributed by atoms with Crippen molar-refractivity contribution in [2.45, 2.75) is 6.04 Å². The smallest absolute Gasteiger partial charge is 0.254 e. The van der Waals surface area contributed by atoms with Gasteiger partial charge in [-0.25, -0.2) is 0 Å². The fourth-order valence-corrected chi connectivity index (χ4v) is 2.53. The molecule has 3 rings (SSSR count). The molecule has 2 aromatic rings. The summed E-state index contributed by atoms with van der Waals surface area (Å²) in [7, 11) is 0. The number of para-hydroxylation sites is 1. The molecule has 1 amide bonds. The Balaban J connectivity index is 1.70. The first-order valence-electron chi connectivity index (χ1n) is 7.60. The van der Waals surface area contributed by atoms with Gasteiger partial charge in [-0.2, -0.15) is 0 Å². The van der Waals surface area contributed by atoms with Crippen molar-refractivity contribution in [2.24, 2.45) is 0 Å². The molecule has 0 spiro atoms. The Labute approximate surface area is 135 Å². The predicted molar refractivity (Wildman–Crippen MR) is 85.7 cm³/mol. The summed E-state index contributed by atoms with van der Waals surface area (Å²) in [4.78, 5) is 14.2. The van der Waals surface area contributed by atoms with Crippen molar-refractivity contribution in [3.8, 4) is 11.5 Å². The van der Waals surface area contributed by atoms with Crippen LogP contribution in [-0.2, 0) is 4.74 Å². The Bertz CT molecular complexity index is 642. The van der Waals surface area contributed by atoms with E-state index in [0.717, 1.165) is 5.75 Å².